The molecule has 18 heavy (non-hydrogen) atoms. The van der Waals surface area contributed by atoms with Crippen LogP contribution in [0, 0.1) is 0 Å². The number of benzene rings is 1. The van der Waals surface area contributed by atoms with Crippen LogP contribution >= 0.6 is 11.3 Å². The SMILES string of the molecule is CN1CCN(Cc2cc3c(N)cccc3s2)CC1. The minimum atomic E-state index is 0.897. The molecule has 0 saturated carbocycles. The Kier molecular flexibility index (Phi) is 3.24. The van der Waals surface area contributed by atoms with Crippen LogP contribution in [0.25, 0.3) is 10.1 Å². The lowest BCUT2D eigenvalue weighted by molar-refractivity contribution is 0.149. The highest BCUT2D eigenvalue weighted by atomic mass is 32.1. The summed E-state index contributed by atoms with van der Waals surface area (Å²) in [5.74, 6) is 0. The molecule has 3 rings (SSSR count). The zero-order chi connectivity index (χ0) is 12.5. The number of nitrogens with two attached hydrogens (primary N) is 1. The summed E-state index contributed by atoms with van der Waals surface area (Å²) >= 11 is 1.87. The first-order chi connectivity index (χ1) is 8.72. The van der Waals surface area contributed by atoms with E-state index in [1.807, 2.05) is 23.5 Å². The Labute approximate surface area is 112 Å². The summed E-state index contributed by atoms with van der Waals surface area (Å²) in [6.07, 6.45) is 0. The highest BCUT2D eigenvalue weighted by Crippen LogP contribution is 2.30. The van der Waals surface area contributed by atoms with Crippen LogP contribution in [0.2, 0.25) is 0 Å². The van der Waals surface area contributed by atoms with Crippen molar-refractivity contribution in [3.63, 3.8) is 0 Å². The molecule has 1 aliphatic heterocycles. The lowest BCUT2D eigenvalue weighted by atomic mass is 10.2. The van der Waals surface area contributed by atoms with Crippen molar-refractivity contribution in [2.75, 3.05) is 39.0 Å². The van der Waals surface area contributed by atoms with E-state index in [9.17, 15) is 0 Å². The van der Waals surface area contributed by atoms with Crippen LogP contribution in [0.3, 0.4) is 0 Å². The van der Waals surface area contributed by atoms with Crippen LogP contribution in [0.1, 0.15) is 4.88 Å². The Balaban J connectivity index is 1.77. The largest absolute Gasteiger partial charge is 0.398 e. The van der Waals surface area contributed by atoms with Crippen LogP contribution in [0.5, 0.6) is 0 Å². The van der Waals surface area contributed by atoms with Gasteiger partial charge in [-0.25, -0.2) is 0 Å². The van der Waals surface area contributed by atoms with Gasteiger partial charge in [-0.05, 0) is 25.2 Å². The van der Waals surface area contributed by atoms with Crippen molar-refractivity contribution in [3.05, 3.63) is 29.1 Å². The van der Waals surface area contributed by atoms with Gasteiger partial charge in [0.2, 0.25) is 0 Å². The van der Waals surface area contributed by atoms with Gasteiger partial charge in [0.1, 0.15) is 0 Å². The van der Waals surface area contributed by atoms with E-state index in [0.717, 1.165) is 12.2 Å². The van der Waals surface area contributed by atoms with Crippen LogP contribution in [-0.2, 0) is 6.54 Å². The normalized spacial score (nSPS) is 18.5. The predicted molar refractivity (Wildman–Crippen MR) is 79.0 cm³/mol. The Morgan fingerprint density at radius 2 is 2.00 bits per heavy atom. The molecule has 0 unspecified atom stereocenters. The summed E-state index contributed by atoms with van der Waals surface area (Å²) in [5, 5.41) is 1.21. The van der Waals surface area contributed by atoms with E-state index < -0.39 is 0 Å². The molecule has 2 N–H and O–H groups in total. The summed E-state index contributed by atoms with van der Waals surface area (Å²) in [5.41, 5.74) is 6.90. The molecular formula is C14H19N3S. The Hall–Kier alpha value is -1.10. The Morgan fingerprint density at radius 1 is 1.22 bits per heavy atom. The molecule has 2 heterocycles. The van der Waals surface area contributed by atoms with Crippen molar-refractivity contribution in [3.8, 4) is 0 Å². The summed E-state index contributed by atoms with van der Waals surface area (Å²) in [4.78, 5) is 6.34. The van der Waals surface area contributed by atoms with Crippen molar-refractivity contribution in [2.24, 2.45) is 0 Å². The number of piperazine rings is 1. The highest BCUT2D eigenvalue weighted by Gasteiger charge is 2.15. The minimum absolute atomic E-state index is 0.897. The topological polar surface area (TPSA) is 32.5 Å². The fourth-order valence-electron chi connectivity index (χ4n) is 2.44. The standard InChI is InChI=1S/C14H19N3S/c1-16-5-7-17(8-6-16)10-11-9-12-13(15)3-2-4-14(12)18-11/h2-4,9H,5-8,10,15H2,1H3. The minimum Gasteiger partial charge on any atom is -0.398 e. The van der Waals surface area contributed by atoms with Crippen LogP contribution < -0.4 is 5.73 Å². The number of nitrogen functional groups attached to an aromatic ring is 1. The molecule has 0 bridgehead atoms. The fourth-order valence-corrected chi connectivity index (χ4v) is 3.58. The van der Waals surface area contributed by atoms with Crippen LogP contribution in [-0.4, -0.2) is 43.0 Å². The van der Waals surface area contributed by atoms with E-state index in [1.54, 1.807) is 0 Å². The molecule has 1 aliphatic rings. The average molecular weight is 261 g/mol. The van der Waals surface area contributed by atoms with Gasteiger partial charge < -0.3 is 10.6 Å². The van der Waals surface area contributed by atoms with Gasteiger partial charge in [-0.15, -0.1) is 11.3 Å². The van der Waals surface area contributed by atoms with Gasteiger partial charge >= 0.3 is 0 Å². The molecule has 0 aliphatic carbocycles. The third kappa shape index (κ3) is 2.36. The molecule has 0 radical (unpaired) electrons. The van der Waals surface area contributed by atoms with Crippen LogP contribution in [0.4, 0.5) is 5.69 Å². The lowest BCUT2D eigenvalue weighted by Crippen LogP contribution is -2.43. The number of rotatable bonds is 2. The van der Waals surface area contributed by atoms with Gasteiger partial charge in [-0.2, -0.15) is 0 Å². The zero-order valence-electron chi connectivity index (χ0n) is 10.7. The number of fused-ring (bicyclic) bond motifs is 1. The molecule has 96 valence electrons. The van der Waals surface area contributed by atoms with Gasteiger partial charge in [-0.3, -0.25) is 4.90 Å². The third-order valence-electron chi connectivity index (χ3n) is 3.62. The maximum atomic E-state index is 6.01. The lowest BCUT2D eigenvalue weighted by Gasteiger charge is -2.31. The second kappa shape index (κ2) is 4.88. The number of hydrogen-bond donors (Lipinski definition) is 1. The first-order valence-electron chi connectivity index (χ1n) is 6.40. The van der Waals surface area contributed by atoms with Gasteiger partial charge in [0, 0.05) is 53.4 Å². The molecule has 3 nitrogen and oxygen atoms in total. The summed E-state index contributed by atoms with van der Waals surface area (Å²) in [6.45, 7) is 5.74. The van der Waals surface area contributed by atoms with E-state index in [-0.39, 0.29) is 0 Å². The smallest absolute Gasteiger partial charge is 0.0402 e. The van der Waals surface area contributed by atoms with Crippen molar-refractivity contribution < 1.29 is 0 Å². The fraction of sp³-hybridized carbons (Fsp3) is 0.429. The number of thiophene rings is 1. The third-order valence-corrected chi connectivity index (χ3v) is 4.71. The quantitative estimate of drug-likeness (QED) is 0.842. The molecule has 0 amide bonds. The number of likely N-dealkylation sites (N-methyl/N-ethyl adjacent to an activating group) is 1. The van der Waals surface area contributed by atoms with Crippen molar-refractivity contribution in [1.82, 2.24) is 9.80 Å². The maximum absolute atomic E-state index is 6.01. The van der Waals surface area contributed by atoms with E-state index in [1.165, 1.54) is 41.1 Å². The van der Waals surface area contributed by atoms with E-state index in [4.69, 9.17) is 5.73 Å². The molecule has 1 aromatic heterocycles. The zero-order valence-corrected chi connectivity index (χ0v) is 11.5. The Bertz CT molecular complexity index is 541. The number of hydrogen-bond acceptors (Lipinski definition) is 4. The Morgan fingerprint density at radius 3 is 2.72 bits per heavy atom. The molecule has 0 spiro atoms. The molecule has 1 fully saturated rings. The maximum Gasteiger partial charge on any atom is 0.0402 e. The molecule has 0 atom stereocenters. The van der Waals surface area contributed by atoms with Crippen LogP contribution in [0.15, 0.2) is 24.3 Å². The highest BCUT2D eigenvalue weighted by molar-refractivity contribution is 7.19. The first kappa shape index (κ1) is 12.0. The summed E-state index contributed by atoms with van der Waals surface area (Å²) in [7, 11) is 2.19. The predicted octanol–water partition coefficient (Wildman–Crippen LogP) is 2.23. The second-order valence-electron chi connectivity index (χ2n) is 5.05. The van der Waals surface area contributed by atoms with Gasteiger partial charge in [-0.1, -0.05) is 6.07 Å². The van der Waals surface area contributed by atoms with Gasteiger partial charge in [0.05, 0.1) is 0 Å². The monoisotopic (exact) mass is 261 g/mol. The molecule has 2 aromatic rings. The number of anilines is 1. The van der Waals surface area contributed by atoms with Crippen molar-refractivity contribution >= 4 is 27.1 Å². The molecular weight excluding hydrogens is 242 g/mol. The van der Waals surface area contributed by atoms with Crippen molar-refractivity contribution in [2.45, 2.75) is 6.54 Å². The summed E-state index contributed by atoms with van der Waals surface area (Å²) < 4.78 is 1.30. The second-order valence-corrected chi connectivity index (χ2v) is 6.22. The average Bonchev–Trinajstić information content (AvgIpc) is 2.76. The van der Waals surface area contributed by atoms with E-state index in [2.05, 4.69) is 29.0 Å². The van der Waals surface area contributed by atoms with Crippen molar-refractivity contribution in [1.29, 1.82) is 0 Å². The first-order valence-corrected chi connectivity index (χ1v) is 7.22. The van der Waals surface area contributed by atoms with Gasteiger partial charge in [0.25, 0.3) is 0 Å². The van der Waals surface area contributed by atoms with E-state index in [0.29, 0.717) is 0 Å². The summed E-state index contributed by atoms with van der Waals surface area (Å²) in [6, 6.07) is 8.43. The number of nitrogens with zero attached hydrogens (tertiary/aromatic N) is 2. The molecule has 1 aromatic carbocycles. The van der Waals surface area contributed by atoms with E-state index >= 15 is 0 Å². The van der Waals surface area contributed by atoms with Gasteiger partial charge in [0.15, 0.2) is 0 Å². The molecule has 4 heteroatoms. The molecule has 1 saturated heterocycles.